The number of fused-ring (bicyclic) bond motifs is 4. The van der Waals surface area contributed by atoms with Gasteiger partial charge in [0.2, 0.25) is 0 Å². The number of carbonyl (C=O) groups excluding carboxylic acids is 1. The van der Waals surface area contributed by atoms with Gasteiger partial charge < -0.3 is 14.0 Å². The van der Waals surface area contributed by atoms with E-state index in [4.69, 9.17) is 21.1 Å². The highest BCUT2D eigenvalue weighted by Gasteiger charge is 2.24. The van der Waals surface area contributed by atoms with Crippen molar-refractivity contribution in [1.82, 2.24) is 19.3 Å². The lowest BCUT2D eigenvalue weighted by Gasteiger charge is -2.11. The molecule has 6 rings (SSSR count). The van der Waals surface area contributed by atoms with E-state index in [0.29, 0.717) is 38.2 Å². The quantitative estimate of drug-likeness (QED) is 0.311. The molecular formula is C27H20ClN5O4S. The average Bonchev–Trinajstić information content (AvgIpc) is 3.46. The van der Waals surface area contributed by atoms with Crippen molar-refractivity contribution in [2.75, 3.05) is 19.5 Å². The van der Waals surface area contributed by atoms with Crippen LogP contribution >= 0.6 is 22.9 Å². The third-order valence-corrected chi connectivity index (χ3v) is 7.58. The van der Waals surface area contributed by atoms with Crippen molar-refractivity contribution in [1.29, 1.82) is 0 Å². The van der Waals surface area contributed by atoms with Crippen LogP contribution in [-0.2, 0) is 7.05 Å². The molecule has 1 N–H and O–H groups in total. The highest BCUT2D eigenvalue weighted by molar-refractivity contribution is 7.22. The molecule has 0 unspecified atom stereocenters. The molecule has 38 heavy (non-hydrogen) atoms. The lowest BCUT2D eigenvalue weighted by atomic mass is 10.1. The van der Waals surface area contributed by atoms with Gasteiger partial charge in [0.05, 0.1) is 35.1 Å². The molecule has 0 fully saturated rings. The number of rotatable bonds is 5. The number of para-hydroxylation sites is 1. The summed E-state index contributed by atoms with van der Waals surface area (Å²) in [6.07, 6.45) is 0. The molecule has 190 valence electrons. The normalized spacial score (nSPS) is 11.4. The number of aromatic nitrogens is 4. The van der Waals surface area contributed by atoms with E-state index in [1.807, 2.05) is 42.5 Å². The summed E-state index contributed by atoms with van der Waals surface area (Å²) >= 11 is 7.66. The zero-order chi connectivity index (χ0) is 26.6. The SMILES string of the molecule is COc1ccc2nc(NC(=O)c3nn(-c4ccc(OC)c(Cl)c4)c(=O)c4c3c3ccccc3n4C)sc2c1. The summed E-state index contributed by atoms with van der Waals surface area (Å²) in [5.41, 5.74) is 1.96. The van der Waals surface area contributed by atoms with Crippen LogP contribution in [0, 0.1) is 0 Å². The van der Waals surface area contributed by atoms with Gasteiger partial charge in [-0.3, -0.25) is 14.9 Å². The van der Waals surface area contributed by atoms with E-state index in [-0.39, 0.29) is 11.3 Å². The minimum atomic E-state index is -0.495. The van der Waals surface area contributed by atoms with Crippen molar-refractivity contribution in [3.63, 3.8) is 0 Å². The monoisotopic (exact) mass is 545 g/mol. The number of thiazole rings is 1. The Kier molecular flexibility index (Phi) is 5.77. The van der Waals surface area contributed by atoms with E-state index in [0.717, 1.165) is 21.1 Å². The number of hydrogen-bond donors (Lipinski definition) is 1. The van der Waals surface area contributed by atoms with Gasteiger partial charge in [-0.2, -0.15) is 9.78 Å². The van der Waals surface area contributed by atoms with Gasteiger partial charge in [-0.05, 0) is 42.5 Å². The molecule has 6 aromatic rings. The fourth-order valence-corrected chi connectivity index (χ4v) is 5.68. The molecule has 11 heteroatoms. The van der Waals surface area contributed by atoms with Gasteiger partial charge in [-0.25, -0.2) is 4.98 Å². The van der Waals surface area contributed by atoms with Crippen LogP contribution in [0.5, 0.6) is 11.5 Å². The number of anilines is 1. The molecule has 0 atom stereocenters. The van der Waals surface area contributed by atoms with Crippen molar-refractivity contribution in [3.8, 4) is 17.2 Å². The number of amides is 1. The fourth-order valence-electron chi connectivity index (χ4n) is 4.54. The van der Waals surface area contributed by atoms with Gasteiger partial charge in [0.1, 0.15) is 17.0 Å². The lowest BCUT2D eigenvalue weighted by Crippen LogP contribution is -2.27. The first kappa shape index (κ1) is 24.0. The van der Waals surface area contributed by atoms with Crippen LogP contribution in [0.25, 0.3) is 37.7 Å². The fraction of sp³-hybridized carbons (Fsp3) is 0.111. The van der Waals surface area contributed by atoms with Crippen molar-refractivity contribution in [2.24, 2.45) is 7.05 Å². The Morgan fingerprint density at radius 2 is 1.87 bits per heavy atom. The van der Waals surface area contributed by atoms with E-state index in [1.54, 1.807) is 36.9 Å². The average molecular weight is 546 g/mol. The largest absolute Gasteiger partial charge is 0.497 e. The van der Waals surface area contributed by atoms with Crippen LogP contribution in [0.3, 0.4) is 0 Å². The minimum absolute atomic E-state index is 0.0835. The molecule has 3 heterocycles. The molecule has 0 saturated heterocycles. The Balaban J connectivity index is 1.56. The molecule has 0 aliphatic carbocycles. The zero-order valence-corrected chi connectivity index (χ0v) is 22.1. The van der Waals surface area contributed by atoms with Crippen molar-refractivity contribution < 1.29 is 14.3 Å². The zero-order valence-electron chi connectivity index (χ0n) is 20.5. The van der Waals surface area contributed by atoms with Gasteiger partial charge >= 0.3 is 0 Å². The van der Waals surface area contributed by atoms with Gasteiger partial charge in [0, 0.05) is 23.3 Å². The van der Waals surface area contributed by atoms with E-state index >= 15 is 0 Å². The molecule has 0 bridgehead atoms. The molecule has 3 aromatic carbocycles. The second-order valence-corrected chi connectivity index (χ2v) is 9.93. The van der Waals surface area contributed by atoms with Crippen LogP contribution in [0.1, 0.15) is 10.5 Å². The molecule has 0 radical (unpaired) electrons. The predicted octanol–water partition coefficient (Wildman–Crippen LogP) is 5.41. The van der Waals surface area contributed by atoms with Crippen molar-refractivity contribution >= 4 is 66.0 Å². The van der Waals surface area contributed by atoms with Crippen LogP contribution in [0.15, 0.2) is 65.5 Å². The number of ether oxygens (including phenoxy) is 2. The molecule has 0 aliphatic rings. The second kappa shape index (κ2) is 9.16. The Labute approximate surface area is 224 Å². The maximum Gasteiger partial charge on any atom is 0.296 e. The number of aryl methyl sites for hydroxylation is 1. The summed E-state index contributed by atoms with van der Waals surface area (Å²) in [5, 5.41) is 9.34. The van der Waals surface area contributed by atoms with E-state index in [2.05, 4.69) is 15.4 Å². The van der Waals surface area contributed by atoms with E-state index in [9.17, 15) is 9.59 Å². The highest BCUT2D eigenvalue weighted by atomic mass is 35.5. The van der Waals surface area contributed by atoms with Crippen LogP contribution in [0.4, 0.5) is 5.13 Å². The molecule has 0 aliphatic heterocycles. The minimum Gasteiger partial charge on any atom is -0.497 e. The number of benzene rings is 3. The summed E-state index contributed by atoms with van der Waals surface area (Å²) in [7, 11) is 4.89. The standard InChI is InChI=1S/C27H20ClN5O4S/c1-32-19-7-5-4-6-16(19)22-23(25(34)30-27-29-18-10-9-15(36-2)13-21(18)38-27)31-33(26(35)24(22)32)14-8-11-20(37-3)17(28)12-14/h4-13H,1-3H3,(H,29,30,34). The van der Waals surface area contributed by atoms with E-state index in [1.165, 1.54) is 23.1 Å². The number of nitrogens with zero attached hydrogens (tertiary/aromatic N) is 4. The topological polar surface area (TPSA) is 100 Å². The number of carbonyl (C=O) groups is 1. The summed E-state index contributed by atoms with van der Waals surface area (Å²) in [4.78, 5) is 32.0. The van der Waals surface area contributed by atoms with Gasteiger partial charge in [-0.1, -0.05) is 41.1 Å². The molecule has 3 aromatic heterocycles. The molecule has 0 saturated carbocycles. The van der Waals surface area contributed by atoms with E-state index < -0.39 is 5.91 Å². The third kappa shape index (κ3) is 3.77. The summed E-state index contributed by atoms with van der Waals surface area (Å²) in [6, 6.07) is 17.9. The first-order valence-corrected chi connectivity index (χ1v) is 12.7. The maximum atomic E-state index is 13.7. The van der Waals surface area contributed by atoms with Gasteiger partial charge in [0.25, 0.3) is 11.5 Å². The van der Waals surface area contributed by atoms with Crippen molar-refractivity contribution in [3.05, 3.63) is 81.7 Å². The van der Waals surface area contributed by atoms with Crippen LogP contribution in [0.2, 0.25) is 5.02 Å². The Morgan fingerprint density at radius 1 is 1.05 bits per heavy atom. The molecular weight excluding hydrogens is 526 g/mol. The molecule has 0 spiro atoms. The first-order valence-electron chi connectivity index (χ1n) is 11.5. The first-order chi connectivity index (χ1) is 18.4. The smallest absolute Gasteiger partial charge is 0.296 e. The van der Waals surface area contributed by atoms with Crippen LogP contribution < -0.4 is 20.3 Å². The Hall–Kier alpha value is -4.41. The molecule has 9 nitrogen and oxygen atoms in total. The maximum absolute atomic E-state index is 13.7. The summed E-state index contributed by atoms with van der Waals surface area (Å²) in [6.45, 7) is 0. The van der Waals surface area contributed by atoms with Gasteiger partial charge in [-0.15, -0.1) is 0 Å². The highest BCUT2D eigenvalue weighted by Crippen LogP contribution is 2.32. The number of halogens is 1. The second-order valence-electron chi connectivity index (χ2n) is 8.49. The van der Waals surface area contributed by atoms with Crippen LogP contribution in [-0.4, -0.2) is 39.5 Å². The lowest BCUT2D eigenvalue weighted by molar-refractivity contribution is 0.102. The third-order valence-electron chi connectivity index (χ3n) is 6.35. The van der Waals surface area contributed by atoms with Crippen molar-refractivity contribution in [2.45, 2.75) is 0 Å². The number of nitrogens with one attached hydrogen (secondary N) is 1. The number of hydrogen-bond acceptors (Lipinski definition) is 7. The summed E-state index contributed by atoms with van der Waals surface area (Å²) < 4.78 is 14.4. The summed E-state index contributed by atoms with van der Waals surface area (Å²) in [5.74, 6) is 0.661. The Morgan fingerprint density at radius 3 is 2.63 bits per heavy atom. The van der Waals surface area contributed by atoms with Gasteiger partial charge in [0.15, 0.2) is 10.8 Å². The Bertz CT molecular complexity index is 1960. The number of methoxy groups -OCH3 is 2. The predicted molar refractivity (Wildman–Crippen MR) is 150 cm³/mol. The molecule has 1 amide bonds.